The van der Waals surface area contributed by atoms with Crippen LogP contribution in [0.5, 0.6) is 0 Å². The Bertz CT molecular complexity index is 275. The van der Waals surface area contributed by atoms with Crippen molar-refractivity contribution in [3.8, 4) is 0 Å². The maximum atomic E-state index is 11.6. The molecule has 1 aliphatic carbocycles. The normalized spacial score (nSPS) is 22.6. The maximum Gasteiger partial charge on any atom is 0.215 e. The molecule has 4 nitrogen and oxygen atoms in total. The minimum atomic E-state index is 0.0758. The SMILES string of the molecule is C=N/C(=N\N1CCCC1)C(=O)C1CC1. The molecule has 0 aromatic rings. The van der Waals surface area contributed by atoms with Gasteiger partial charge >= 0.3 is 0 Å². The minimum absolute atomic E-state index is 0.0758. The van der Waals surface area contributed by atoms with Gasteiger partial charge in [-0.05, 0) is 32.4 Å². The number of carbonyl (C=O) groups excluding carboxylic acids is 1. The average Bonchev–Trinajstić information content (AvgIpc) is 2.93. The Morgan fingerprint density at radius 2 is 1.93 bits per heavy atom. The molecule has 0 N–H and O–H groups in total. The summed E-state index contributed by atoms with van der Waals surface area (Å²) in [5.41, 5.74) is 0. The van der Waals surface area contributed by atoms with Crippen LogP contribution in [0.15, 0.2) is 10.1 Å². The summed E-state index contributed by atoms with van der Waals surface area (Å²) in [4.78, 5) is 15.4. The molecule has 0 atom stereocenters. The second-order valence-electron chi connectivity index (χ2n) is 3.88. The van der Waals surface area contributed by atoms with Gasteiger partial charge in [0.2, 0.25) is 11.6 Å². The molecule has 0 aromatic heterocycles. The monoisotopic (exact) mass is 193 g/mol. The van der Waals surface area contributed by atoms with Crippen LogP contribution in [0.2, 0.25) is 0 Å². The smallest absolute Gasteiger partial charge is 0.215 e. The molecule has 76 valence electrons. The summed E-state index contributed by atoms with van der Waals surface area (Å²) in [6.45, 7) is 5.29. The van der Waals surface area contributed by atoms with Gasteiger partial charge in [0.15, 0.2) is 0 Å². The average molecular weight is 193 g/mol. The van der Waals surface area contributed by atoms with E-state index >= 15 is 0 Å². The van der Waals surface area contributed by atoms with Crippen molar-refractivity contribution in [2.75, 3.05) is 13.1 Å². The maximum absolute atomic E-state index is 11.6. The second-order valence-corrected chi connectivity index (χ2v) is 3.88. The quantitative estimate of drug-likeness (QED) is 0.497. The number of nitrogens with zero attached hydrogens (tertiary/aromatic N) is 3. The summed E-state index contributed by atoms with van der Waals surface area (Å²) in [5.74, 6) is 0.572. The van der Waals surface area contributed by atoms with Gasteiger partial charge in [0, 0.05) is 19.0 Å². The lowest BCUT2D eigenvalue weighted by Crippen LogP contribution is -2.20. The Kier molecular flexibility index (Phi) is 2.61. The Hall–Kier alpha value is -1.19. The van der Waals surface area contributed by atoms with E-state index in [0.29, 0.717) is 5.84 Å². The molecule has 14 heavy (non-hydrogen) atoms. The fourth-order valence-corrected chi connectivity index (χ4v) is 1.62. The lowest BCUT2D eigenvalue weighted by molar-refractivity contribution is -0.114. The van der Waals surface area contributed by atoms with E-state index in [4.69, 9.17) is 0 Å². The van der Waals surface area contributed by atoms with Crippen LogP contribution in [0.25, 0.3) is 0 Å². The second kappa shape index (κ2) is 3.90. The van der Waals surface area contributed by atoms with Crippen molar-refractivity contribution in [2.24, 2.45) is 16.0 Å². The van der Waals surface area contributed by atoms with Crippen LogP contribution in [-0.2, 0) is 4.79 Å². The predicted molar refractivity (Wildman–Crippen MR) is 55.5 cm³/mol. The van der Waals surface area contributed by atoms with Gasteiger partial charge in [-0.15, -0.1) is 0 Å². The number of carbonyl (C=O) groups is 1. The van der Waals surface area contributed by atoms with Gasteiger partial charge in [-0.3, -0.25) is 9.80 Å². The van der Waals surface area contributed by atoms with Crippen LogP contribution in [0.1, 0.15) is 25.7 Å². The van der Waals surface area contributed by atoms with Crippen molar-refractivity contribution in [2.45, 2.75) is 25.7 Å². The first-order chi connectivity index (χ1) is 6.81. The van der Waals surface area contributed by atoms with E-state index in [9.17, 15) is 4.79 Å². The first kappa shape index (κ1) is 9.37. The minimum Gasteiger partial charge on any atom is -0.295 e. The summed E-state index contributed by atoms with van der Waals surface area (Å²) in [5, 5.41) is 6.15. The van der Waals surface area contributed by atoms with Crippen molar-refractivity contribution < 1.29 is 4.79 Å². The number of aliphatic imine (C=N–C) groups is 1. The van der Waals surface area contributed by atoms with Crippen LogP contribution >= 0.6 is 0 Å². The van der Waals surface area contributed by atoms with E-state index in [1.54, 1.807) is 0 Å². The molecular formula is C10H15N3O. The molecule has 1 heterocycles. The molecule has 2 rings (SSSR count). The molecule has 2 fully saturated rings. The summed E-state index contributed by atoms with van der Waals surface area (Å²) in [6, 6.07) is 0. The highest BCUT2D eigenvalue weighted by Gasteiger charge is 2.33. The zero-order chi connectivity index (χ0) is 9.97. The van der Waals surface area contributed by atoms with Crippen molar-refractivity contribution in [3.05, 3.63) is 0 Å². The Morgan fingerprint density at radius 1 is 1.29 bits per heavy atom. The van der Waals surface area contributed by atoms with E-state index in [1.165, 1.54) is 0 Å². The third-order valence-corrected chi connectivity index (χ3v) is 2.64. The van der Waals surface area contributed by atoms with Gasteiger partial charge in [-0.25, -0.2) is 4.99 Å². The third kappa shape index (κ3) is 2.00. The molecule has 0 bridgehead atoms. The highest BCUT2D eigenvalue weighted by atomic mass is 16.1. The van der Waals surface area contributed by atoms with Crippen molar-refractivity contribution in [3.63, 3.8) is 0 Å². The first-order valence-electron chi connectivity index (χ1n) is 5.16. The number of Topliss-reactive ketones (excluding diaryl/α,β-unsaturated/α-hetero) is 1. The van der Waals surface area contributed by atoms with Gasteiger partial charge in [-0.2, -0.15) is 5.10 Å². The molecule has 0 unspecified atom stereocenters. The lowest BCUT2D eigenvalue weighted by atomic mass is 10.2. The van der Waals surface area contributed by atoms with Crippen LogP contribution in [0.4, 0.5) is 0 Å². The molecule has 1 saturated heterocycles. The summed E-state index contributed by atoms with van der Waals surface area (Å²) >= 11 is 0. The third-order valence-electron chi connectivity index (χ3n) is 2.64. The number of hydrogen-bond acceptors (Lipinski definition) is 3. The molecule has 0 spiro atoms. The van der Waals surface area contributed by atoms with Crippen molar-refractivity contribution in [1.82, 2.24) is 5.01 Å². The molecule has 2 aliphatic rings. The van der Waals surface area contributed by atoms with Gasteiger partial charge in [-0.1, -0.05) is 0 Å². The van der Waals surface area contributed by atoms with E-state index in [0.717, 1.165) is 38.8 Å². The fourth-order valence-electron chi connectivity index (χ4n) is 1.62. The van der Waals surface area contributed by atoms with Gasteiger partial charge < -0.3 is 0 Å². The molecular weight excluding hydrogens is 178 g/mol. The Labute approximate surface area is 83.7 Å². The molecule has 0 aromatic carbocycles. The fraction of sp³-hybridized carbons (Fsp3) is 0.700. The van der Waals surface area contributed by atoms with Gasteiger partial charge in [0.25, 0.3) is 0 Å². The summed E-state index contributed by atoms with van der Waals surface area (Å²) in [6.07, 6.45) is 4.30. The molecule has 4 heteroatoms. The van der Waals surface area contributed by atoms with Crippen LogP contribution in [-0.4, -0.2) is 36.4 Å². The molecule has 1 saturated carbocycles. The number of hydrogen-bond donors (Lipinski definition) is 0. The van der Waals surface area contributed by atoms with Crippen molar-refractivity contribution >= 4 is 18.3 Å². The summed E-state index contributed by atoms with van der Waals surface area (Å²) in [7, 11) is 0. The molecule has 0 amide bonds. The first-order valence-corrected chi connectivity index (χ1v) is 5.16. The van der Waals surface area contributed by atoms with Gasteiger partial charge in [0.05, 0.1) is 0 Å². The largest absolute Gasteiger partial charge is 0.295 e. The highest BCUT2D eigenvalue weighted by molar-refractivity contribution is 6.41. The Balaban J connectivity index is 2.02. The lowest BCUT2D eigenvalue weighted by Gasteiger charge is -2.10. The molecule has 0 radical (unpaired) electrons. The number of rotatable bonds is 3. The zero-order valence-electron chi connectivity index (χ0n) is 8.28. The molecule has 1 aliphatic heterocycles. The number of ketones is 1. The standard InChI is InChI=1S/C10H15N3O/c1-11-10(9(14)8-4-5-8)12-13-6-2-3-7-13/h8H,1-7H2/b12-10-. The van der Waals surface area contributed by atoms with Crippen LogP contribution < -0.4 is 0 Å². The van der Waals surface area contributed by atoms with Crippen molar-refractivity contribution in [1.29, 1.82) is 0 Å². The van der Waals surface area contributed by atoms with E-state index in [-0.39, 0.29) is 11.7 Å². The summed E-state index contributed by atoms with van der Waals surface area (Å²) < 4.78 is 0. The van der Waals surface area contributed by atoms with Crippen LogP contribution in [0, 0.1) is 5.92 Å². The topological polar surface area (TPSA) is 45.0 Å². The Morgan fingerprint density at radius 3 is 2.43 bits per heavy atom. The number of amidine groups is 1. The zero-order valence-corrected chi connectivity index (χ0v) is 8.28. The van der Waals surface area contributed by atoms with E-state index < -0.39 is 0 Å². The van der Waals surface area contributed by atoms with Crippen LogP contribution in [0.3, 0.4) is 0 Å². The highest BCUT2D eigenvalue weighted by Crippen LogP contribution is 2.30. The van der Waals surface area contributed by atoms with E-state index in [2.05, 4.69) is 16.8 Å². The van der Waals surface area contributed by atoms with Gasteiger partial charge in [0.1, 0.15) is 0 Å². The number of hydrazone groups is 1. The van der Waals surface area contributed by atoms with E-state index in [1.807, 2.05) is 5.01 Å². The predicted octanol–water partition coefficient (Wildman–Crippen LogP) is 1.08.